The third-order valence-corrected chi connectivity index (χ3v) is 3.98. The summed E-state index contributed by atoms with van der Waals surface area (Å²) in [4.78, 5) is 0. The molecule has 2 unspecified atom stereocenters. The molecule has 0 spiro atoms. The molecule has 1 N–H and O–H groups in total. The Morgan fingerprint density at radius 2 is 2.25 bits per heavy atom. The SMILES string of the molecule is COC1(Cc2ccc(C3CC3C)o2)CNC1. The van der Waals surface area contributed by atoms with Gasteiger partial charge in [-0.2, -0.15) is 0 Å². The van der Waals surface area contributed by atoms with E-state index in [4.69, 9.17) is 9.15 Å². The summed E-state index contributed by atoms with van der Waals surface area (Å²) in [5.41, 5.74) is -0.0235. The van der Waals surface area contributed by atoms with E-state index in [9.17, 15) is 0 Å². The molecule has 1 saturated carbocycles. The van der Waals surface area contributed by atoms with Crippen LogP contribution in [-0.4, -0.2) is 25.8 Å². The summed E-state index contributed by atoms with van der Waals surface area (Å²) in [7, 11) is 1.79. The topological polar surface area (TPSA) is 34.4 Å². The van der Waals surface area contributed by atoms with Gasteiger partial charge in [0.1, 0.15) is 11.5 Å². The van der Waals surface area contributed by atoms with E-state index in [2.05, 4.69) is 24.4 Å². The molecule has 1 aliphatic heterocycles. The van der Waals surface area contributed by atoms with Gasteiger partial charge in [0.15, 0.2) is 0 Å². The van der Waals surface area contributed by atoms with Gasteiger partial charge in [-0.05, 0) is 24.5 Å². The van der Waals surface area contributed by atoms with Crippen LogP contribution in [0, 0.1) is 5.92 Å². The summed E-state index contributed by atoms with van der Waals surface area (Å²) >= 11 is 0. The largest absolute Gasteiger partial charge is 0.466 e. The third-order valence-electron chi connectivity index (χ3n) is 3.98. The average Bonchev–Trinajstić information content (AvgIpc) is 2.78. The lowest BCUT2D eigenvalue weighted by atomic mass is 9.91. The lowest BCUT2D eigenvalue weighted by Crippen LogP contribution is -2.61. The minimum Gasteiger partial charge on any atom is -0.466 e. The maximum Gasteiger partial charge on any atom is 0.107 e. The molecule has 0 radical (unpaired) electrons. The van der Waals surface area contributed by atoms with Gasteiger partial charge in [-0.3, -0.25) is 0 Å². The standard InChI is InChI=1S/C13H19NO2/c1-9-5-11(9)12-4-3-10(16-12)6-13(15-2)7-14-8-13/h3-4,9,11,14H,5-8H2,1-2H3. The minimum atomic E-state index is -0.0235. The lowest BCUT2D eigenvalue weighted by molar-refractivity contribution is -0.0534. The normalized spacial score (nSPS) is 31.1. The van der Waals surface area contributed by atoms with Crippen LogP contribution in [-0.2, 0) is 11.2 Å². The Morgan fingerprint density at radius 3 is 2.75 bits per heavy atom. The van der Waals surface area contributed by atoms with Crippen molar-refractivity contribution in [3.63, 3.8) is 0 Å². The zero-order chi connectivity index (χ0) is 11.2. The first-order valence-electron chi connectivity index (χ1n) is 6.07. The van der Waals surface area contributed by atoms with Gasteiger partial charge in [0.2, 0.25) is 0 Å². The van der Waals surface area contributed by atoms with Crippen LogP contribution in [0.2, 0.25) is 0 Å². The minimum absolute atomic E-state index is 0.0235. The quantitative estimate of drug-likeness (QED) is 0.843. The molecule has 0 amide bonds. The second-order valence-electron chi connectivity index (χ2n) is 5.29. The van der Waals surface area contributed by atoms with Gasteiger partial charge in [0.05, 0.1) is 5.60 Å². The molecule has 2 aliphatic rings. The second-order valence-corrected chi connectivity index (χ2v) is 5.29. The van der Waals surface area contributed by atoms with Crippen LogP contribution in [0.15, 0.2) is 16.5 Å². The number of furan rings is 1. The summed E-state index contributed by atoms with van der Waals surface area (Å²) < 4.78 is 11.5. The molecule has 88 valence electrons. The van der Waals surface area contributed by atoms with Gasteiger partial charge in [0.25, 0.3) is 0 Å². The molecule has 0 bridgehead atoms. The van der Waals surface area contributed by atoms with Gasteiger partial charge >= 0.3 is 0 Å². The van der Waals surface area contributed by atoms with Crippen molar-refractivity contribution in [3.8, 4) is 0 Å². The van der Waals surface area contributed by atoms with Gasteiger partial charge in [-0.1, -0.05) is 6.92 Å². The van der Waals surface area contributed by atoms with E-state index in [1.54, 1.807) is 7.11 Å². The van der Waals surface area contributed by atoms with Crippen molar-refractivity contribution in [2.75, 3.05) is 20.2 Å². The first-order chi connectivity index (χ1) is 7.72. The molecular formula is C13H19NO2. The molecule has 1 aromatic rings. The fourth-order valence-corrected chi connectivity index (χ4v) is 2.47. The van der Waals surface area contributed by atoms with Crippen molar-refractivity contribution in [1.29, 1.82) is 0 Å². The fraction of sp³-hybridized carbons (Fsp3) is 0.692. The predicted octanol–water partition coefficient (Wildman–Crippen LogP) is 1.93. The predicted molar refractivity (Wildman–Crippen MR) is 61.5 cm³/mol. The van der Waals surface area contributed by atoms with Gasteiger partial charge in [0, 0.05) is 32.5 Å². The molecule has 3 rings (SSSR count). The molecule has 16 heavy (non-hydrogen) atoms. The first-order valence-corrected chi connectivity index (χ1v) is 6.07. The van der Waals surface area contributed by atoms with Gasteiger partial charge < -0.3 is 14.5 Å². The van der Waals surface area contributed by atoms with E-state index in [-0.39, 0.29) is 5.60 Å². The summed E-state index contributed by atoms with van der Waals surface area (Å²) in [6.07, 6.45) is 2.17. The Bertz CT molecular complexity index is 376. The number of hydrogen-bond acceptors (Lipinski definition) is 3. The first kappa shape index (κ1) is 10.4. The summed E-state index contributed by atoms with van der Waals surface area (Å²) in [5, 5.41) is 3.26. The van der Waals surface area contributed by atoms with E-state index in [0.717, 1.165) is 31.2 Å². The van der Waals surface area contributed by atoms with Crippen LogP contribution in [0.25, 0.3) is 0 Å². The average molecular weight is 221 g/mol. The Hall–Kier alpha value is -0.800. The van der Waals surface area contributed by atoms with E-state index in [1.807, 2.05) is 0 Å². The zero-order valence-electron chi connectivity index (χ0n) is 9.95. The van der Waals surface area contributed by atoms with E-state index >= 15 is 0 Å². The Balaban J connectivity index is 1.68. The molecule has 1 saturated heterocycles. The lowest BCUT2D eigenvalue weighted by Gasteiger charge is -2.40. The number of hydrogen-bond donors (Lipinski definition) is 1. The molecule has 3 nitrogen and oxygen atoms in total. The highest BCUT2D eigenvalue weighted by atomic mass is 16.5. The molecule has 3 heteroatoms. The highest BCUT2D eigenvalue weighted by Crippen LogP contribution is 2.47. The van der Waals surface area contributed by atoms with E-state index in [0.29, 0.717) is 5.92 Å². The third kappa shape index (κ3) is 1.68. The molecule has 2 atom stereocenters. The smallest absolute Gasteiger partial charge is 0.107 e. The van der Waals surface area contributed by atoms with Crippen LogP contribution in [0.5, 0.6) is 0 Å². The van der Waals surface area contributed by atoms with Crippen LogP contribution in [0.1, 0.15) is 30.8 Å². The van der Waals surface area contributed by atoms with Gasteiger partial charge in [-0.15, -0.1) is 0 Å². The van der Waals surface area contributed by atoms with E-state index in [1.165, 1.54) is 12.2 Å². The molecule has 1 aromatic heterocycles. The maximum absolute atomic E-state index is 5.90. The van der Waals surface area contributed by atoms with Gasteiger partial charge in [-0.25, -0.2) is 0 Å². The van der Waals surface area contributed by atoms with Crippen LogP contribution >= 0.6 is 0 Å². The Kier molecular flexibility index (Phi) is 2.33. The second kappa shape index (κ2) is 3.60. The fourth-order valence-electron chi connectivity index (χ4n) is 2.47. The maximum atomic E-state index is 5.90. The van der Waals surface area contributed by atoms with Crippen LogP contribution < -0.4 is 5.32 Å². The van der Waals surface area contributed by atoms with Crippen molar-refractivity contribution in [1.82, 2.24) is 5.32 Å². The van der Waals surface area contributed by atoms with Crippen molar-refractivity contribution in [2.24, 2.45) is 5.92 Å². The number of rotatable bonds is 4. The zero-order valence-corrected chi connectivity index (χ0v) is 9.95. The van der Waals surface area contributed by atoms with Crippen LogP contribution in [0.3, 0.4) is 0 Å². The summed E-state index contributed by atoms with van der Waals surface area (Å²) in [6.45, 7) is 4.14. The number of nitrogens with one attached hydrogen (secondary N) is 1. The Labute approximate surface area is 96.2 Å². The molecular weight excluding hydrogens is 202 g/mol. The van der Waals surface area contributed by atoms with Crippen molar-refractivity contribution in [3.05, 3.63) is 23.7 Å². The molecule has 0 aromatic carbocycles. The van der Waals surface area contributed by atoms with E-state index < -0.39 is 0 Å². The van der Waals surface area contributed by atoms with Crippen molar-refractivity contribution in [2.45, 2.75) is 31.3 Å². The monoisotopic (exact) mass is 221 g/mol. The Morgan fingerprint density at radius 1 is 1.50 bits per heavy atom. The summed E-state index contributed by atoms with van der Waals surface area (Å²) in [5.74, 6) is 3.71. The highest BCUT2D eigenvalue weighted by Gasteiger charge is 2.40. The molecule has 2 heterocycles. The number of methoxy groups -OCH3 is 1. The number of ether oxygens (including phenoxy) is 1. The molecule has 2 fully saturated rings. The van der Waals surface area contributed by atoms with Crippen molar-refractivity contribution < 1.29 is 9.15 Å². The van der Waals surface area contributed by atoms with Crippen molar-refractivity contribution >= 4 is 0 Å². The summed E-state index contributed by atoms with van der Waals surface area (Å²) in [6, 6.07) is 4.25. The van der Waals surface area contributed by atoms with Crippen LogP contribution in [0.4, 0.5) is 0 Å². The molecule has 1 aliphatic carbocycles. The highest BCUT2D eigenvalue weighted by molar-refractivity contribution is 5.19.